The summed E-state index contributed by atoms with van der Waals surface area (Å²) in [6, 6.07) is 9.85. The molecule has 7 heteroatoms. The molecular weight excluding hydrogens is 376 g/mol. The maximum Gasteiger partial charge on any atom is 0.257 e. The van der Waals surface area contributed by atoms with Crippen LogP contribution in [-0.4, -0.2) is 69.3 Å². The van der Waals surface area contributed by atoms with E-state index in [9.17, 15) is 4.79 Å². The molecule has 3 aromatic heterocycles. The minimum atomic E-state index is 0.107. The molecule has 0 aliphatic carbocycles. The first-order chi connectivity index (χ1) is 14.8. The molecule has 0 bridgehead atoms. The summed E-state index contributed by atoms with van der Waals surface area (Å²) < 4.78 is 2.06. The van der Waals surface area contributed by atoms with Crippen LogP contribution in [-0.2, 0) is 6.54 Å². The van der Waals surface area contributed by atoms with Gasteiger partial charge in [-0.2, -0.15) is 0 Å². The van der Waals surface area contributed by atoms with E-state index in [0.29, 0.717) is 0 Å². The van der Waals surface area contributed by atoms with E-state index in [-0.39, 0.29) is 5.91 Å². The predicted octanol–water partition coefficient (Wildman–Crippen LogP) is 2.68. The van der Waals surface area contributed by atoms with Gasteiger partial charge in [0.1, 0.15) is 11.5 Å². The summed E-state index contributed by atoms with van der Waals surface area (Å²) in [6.07, 6.45) is 9.52. The van der Waals surface area contributed by atoms with Crippen molar-refractivity contribution in [2.24, 2.45) is 0 Å². The molecule has 2 aliphatic heterocycles. The number of carbonyl (C=O) groups excluding carboxylic acids is 1. The lowest BCUT2D eigenvalue weighted by Crippen LogP contribution is -2.48. The van der Waals surface area contributed by atoms with Crippen LogP contribution in [0.4, 0.5) is 5.82 Å². The average molecular weight is 405 g/mol. The van der Waals surface area contributed by atoms with Gasteiger partial charge in [-0.1, -0.05) is 6.07 Å². The van der Waals surface area contributed by atoms with E-state index in [1.807, 2.05) is 41.4 Å². The lowest BCUT2D eigenvalue weighted by atomic mass is 10.1. The Hall–Kier alpha value is -2.93. The van der Waals surface area contributed by atoms with Crippen molar-refractivity contribution in [1.82, 2.24) is 24.2 Å². The Morgan fingerprint density at radius 3 is 2.57 bits per heavy atom. The van der Waals surface area contributed by atoms with Crippen LogP contribution in [0.1, 0.15) is 35.3 Å². The fraction of sp³-hybridized carbons (Fsp3) is 0.435. The van der Waals surface area contributed by atoms with Crippen LogP contribution in [0.25, 0.3) is 5.65 Å². The van der Waals surface area contributed by atoms with Crippen molar-refractivity contribution in [3.05, 3.63) is 60.2 Å². The number of aromatic nitrogens is 3. The largest absolute Gasteiger partial charge is 0.356 e. The number of piperidine rings is 1. The van der Waals surface area contributed by atoms with Crippen LogP contribution in [0.5, 0.6) is 0 Å². The molecule has 0 spiro atoms. The quantitative estimate of drug-likeness (QED) is 0.669. The summed E-state index contributed by atoms with van der Waals surface area (Å²) >= 11 is 0. The van der Waals surface area contributed by atoms with Crippen molar-refractivity contribution < 1.29 is 4.79 Å². The molecule has 0 N–H and O–H groups in total. The maximum atomic E-state index is 13.3. The summed E-state index contributed by atoms with van der Waals surface area (Å²) in [6.45, 7) is 5.99. The topological polar surface area (TPSA) is 57.0 Å². The summed E-state index contributed by atoms with van der Waals surface area (Å²) in [5, 5.41) is 0. The van der Waals surface area contributed by atoms with Crippen molar-refractivity contribution in [1.29, 1.82) is 0 Å². The standard InChI is InChI=1S/C23H28N6O/c30-23(20-7-6-9-24-22(20)27-10-3-1-4-11-27)28-15-13-26(14-16-28)17-19-18-29-12-5-2-8-21(29)25-19/h2,5-9,12,18H,1,3-4,10-11,13-17H2. The first kappa shape index (κ1) is 19.1. The van der Waals surface area contributed by atoms with Gasteiger partial charge in [-0.3, -0.25) is 9.69 Å². The van der Waals surface area contributed by atoms with E-state index >= 15 is 0 Å². The Balaban J connectivity index is 1.23. The molecule has 156 valence electrons. The van der Waals surface area contributed by atoms with E-state index in [4.69, 9.17) is 4.98 Å². The van der Waals surface area contributed by atoms with Gasteiger partial charge in [0.25, 0.3) is 5.91 Å². The van der Waals surface area contributed by atoms with Gasteiger partial charge >= 0.3 is 0 Å². The molecule has 0 radical (unpaired) electrons. The average Bonchev–Trinajstić information content (AvgIpc) is 3.22. The summed E-state index contributed by atoms with van der Waals surface area (Å²) in [7, 11) is 0. The number of hydrogen-bond donors (Lipinski definition) is 0. The van der Waals surface area contributed by atoms with Crippen molar-refractivity contribution in [3.63, 3.8) is 0 Å². The van der Waals surface area contributed by atoms with Gasteiger partial charge in [0, 0.05) is 64.4 Å². The molecule has 5 heterocycles. The minimum absolute atomic E-state index is 0.107. The Morgan fingerprint density at radius 2 is 1.77 bits per heavy atom. The Labute approximate surface area is 176 Å². The molecule has 3 aromatic rings. The highest BCUT2D eigenvalue weighted by molar-refractivity contribution is 5.99. The van der Waals surface area contributed by atoms with Crippen LogP contribution < -0.4 is 4.90 Å². The third kappa shape index (κ3) is 3.89. The third-order valence-electron chi connectivity index (χ3n) is 6.13. The molecule has 7 nitrogen and oxygen atoms in total. The fourth-order valence-corrected chi connectivity index (χ4v) is 4.49. The van der Waals surface area contributed by atoms with Crippen molar-refractivity contribution in [2.45, 2.75) is 25.8 Å². The predicted molar refractivity (Wildman–Crippen MR) is 117 cm³/mol. The zero-order valence-electron chi connectivity index (χ0n) is 17.3. The second kappa shape index (κ2) is 8.44. The number of carbonyl (C=O) groups is 1. The molecule has 30 heavy (non-hydrogen) atoms. The van der Waals surface area contributed by atoms with Gasteiger partial charge in [-0.15, -0.1) is 0 Å². The number of hydrogen-bond acceptors (Lipinski definition) is 5. The van der Waals surface area contributed by atoms with Crippen LogP contribution >= 0.6 is 0 Å². The van der Waals surface area contributed by atoms with Crippen LogP contribution in [0.3, 0.4) is 0 Å². The van der Waals surface area contributed by atoms with E-state index in [2.05, 4.69) is 25.4 Å². The SMILES string of the molecule is O=C(c1cccnc1N1CCCCC1)N1CCN(Cc2cn3ccccc3n2)CC1. The monoisotopic (exact) mass is 404 g/mol. The molecule has 0 unspecified atom stereocenters. The van der Waals surface area contributed by atoms with Crippen LogP contribution in [0.15, 0.2) is 48.9 Å². The Kier molecular flexibility index (Phi) is 5.36. The number of amides is 1. The van der Waals surface area contributed by atoms with Crippen molar-refractivity contribution in [3.8, 4) is 0 Å². The fourth-order valence-electron chi connectivity index (χ4n) is 4.49. The molecule has 1 amide bonds. The van der Waals surface area contributed by atoms with Gasteiger partial charge in [0.2, 0.25) is 0 Å². The minimum Gasteiger partial charge on any atom is -0.356 e. The van der Waals surface area contributed by atoms with Crippen LogP contribution in [0.2, 0.25) is 0 Å². The number of nitrogens with zero attached hydrogens (tertiary/aromatic N) is 6. The summed E-state index contributed by atoms with van der Waals surface area (Å²) in [4.78, 5) is 29.2. The highest BCUT2D eigenvalue weighted by atomic mass is 16.2. The Morgan fingerprint density at radius 1 is 0.933 bits per heavy atom. The van der Waals surface area contributed by atoms with E-state index < -0.39 is 0 Å². The molecule has 5 rings (SSSR count). The summed E-state index contributed by atoms with van der Waals surface area (Å²) in [5.74, 6) is 0.963. The van der Waals surface area contributed by atoms with Crippen molar-refractivity contribution in [2.75, 3.05) is 44.2 Å². The van der Waals surface area contributed by atoms with Crippen molar-refractivity contribution >= 4 is 17.4 Å². The molecule has 0 aromatic carbocycles. The van der Waals surface area contributed by atoms with E-state index in [1.54, 1.807) is 6.20 Å². The van der Waals surface area contributed by atoms with Crippen LogP contribution in [0, 0.1) is 0 Å². The maximum absolute atomic E-state index is 13.3. The first-order valence-electron chi connectivity index (χ1n) is 10.9. The highest BCUT2D eigenvalue weighted by Crippen LogP contribution is 2.23. The molecule has 2 aliphatic rings. The number of pyridine rings is 2. The van der Waals surface area contributed by atoms with E-state index in [0.717, 1.165) is 68.5 Å². The molecule has 0 atom stereocenters. The number of imidazole rings is 1. The lowest BCUT2D eigenvalue weighted by molar-refractivity contribution is 0.0627. The molecular formula is C23H28N6O. The second-order valence-corrected chi connectivity index (χ2v) is 8.19. The number of rotatable bonds is 4. The van der Waals surface area contributed by atoms with Gasteiger partial charge in [-0.25, -0.2) is 9.97 Å². The third-order valence-corrected chi connectivity index (χ3v) is 6.13. The zero-order valence-corrected chi connectivity index (χ0v) is 17.3. The molecule has 2 saturated heterocycles. The summed E-state index contributed by atoms with van der Waals surface area (Å²) in [5.41, 5.74) is 2.79. The van der Waals surface area contributed by atoms with Gasteiger partial charge < -0.3 is 14.2 Å². The number of anilines is 1. The molecule has 2 fully saturated rings. The normalized spacial score (nSPS) is 18.1. The smallest absolute Gasteiger partial charge is 0.257 e. The van der Waals surface area contributed by atoms with Gasteiger partial charge in [0.15, 0.2) is 0 Å². The zero-order chi connectivity index (χ0) is 20.3. The molecule has 0 saturated carbocycles. The second-order valence-electron chi connectivity index (χ2n) is 8.19. The number of piperazine rings is 1. The van der Waals surface area contributed by atoms with E-state index in [1.165, 1.54) is 19.3 Å². The lowest BCUT2D eigenvalue weighted by Gasteiger charge is -2.35. The number of fused-ring (bicyclic) bond motifs is 1. The van der Waals surface area contributed by atoms with Gasteiger partial charge in [-0.05, 0) is 43.5 Å². The first-order valence-corrected chi connectivity index (χ1v) is 10.9. The highest BCUT2D eigenvalue weighted by Gasteiger charge is 2.26. The Bertz CT molecular complexity index is 984. The van der Waals surface area contributed by atoms with Gasteiger partial charge in [0.05, 0.1) is 11.3 Å².